The maximum Gasteiger partial charge on any atom is 0.315 e. The fourth-order valence-electron chi connectivity index (χ4n) is 2.81. The van der Waals surface area contributed by atoms with E-state index in [9.17, 15) is 4.79 Å². The van der Waals surface area contributed by atoms with Crippen LogP contribution in [0.5, 0.6) is 0 Å². The molecule has 2 atom stereocenters. The summed E-state index contributed by atoms with van der Waals surface area (Å²) in [4.78, 5) is 12.2. The second kappa shape index (κ2) is 7.74. The summed E-state index contributed by atoms with van der Waals surface area (Å²) in [6.45, 7) is 6.67. The van der Waals surface area contributed by atoms with Crippen molar-refractivity contribution in [3.63, 3.8) is 0 Å². The van der Waals surface area contributed by atoms with Crippen LogP contribution in [-0.4, -0.2) is 27.0 Å². The van der Waals surface area contributed by atoms with Gasteiger partial charge in [0.1, 0.15) is 0 Å². The highest BCUT2D eigenvalue weighted by molar-refractivity contribution is 6.71. The molecule has 0 aliphatic carbocycles. The Labute approximate surface area is 134 Å². The summed E-state index contributed by atoms with van der Waals surface area (Å²) in [5.41, 5.74) is 1.28. The van der Waals surface area contributed by atoms with E-state index < -0.39 is 8.32 Å². The van der Waals surface area contributed by atoms with E-state index in [1.165, 1.54) is 5.56 Å². The van der Waals surface area contributed by atoms with Crippen LogP contribution in [0.3, 0.4) is 0 Å². The highest BCUT2D eigenvalue weighted by Crippen LogP contribution is 2.28. The van der Waals surface area contributed by atoms with Gasteiger partial charge in [-0.1, -0.05) is 42.5 Å². The van der Waals surface area contributed by atoms with E-state index >= 15 is 0 Å². The van der Waals surface area contributed by atoms with Crippen molar-refractivity contribution in [2.75, 3.05) is 6.61 Å². The van der Waals surface area contributed by atoms with Crippen LogP contribution in [0.15, 0.2) is 42.5 Å². The molecular formula is C18H26O3Si. The number of benzene rings is 1. The van der Waals surface area contributed by atoms with E-state index in [-0.39, 0.29) is 18.0 Å². The molecule has 1 aliphatic rings. The number of carbonyl (C=O) groups is 1. The lowest BCUT2D eigenvalue weighted by molar-refractivity contribution is -0.149. The first-order valence-electron chi connectivity index (χ1n) is 8.07. The zero-order valence-electron chi connectivity index (χ0n) is 13.7. The number of rotatable bonds is 5. The Morgan fingerprint density at radius 2 is 2.05 bits per heavy atom. The maximum atomic E-state index is 12.2. The third-order valence-corrected chi connectivity index (χ3v) is 6.10. The normalized spacial score (nSPS) is 23.8. The van der Waals surface area contributed by atoms with Crippen molar-refractivity contribution >= 4 is 14.3 Å². The summed E-state index contributed by atoms with van der Waals surface area (Å²) in [7, 11) is -1.75. The highest BCUT2D eigenvalue weighted by Gasteiger charge is 2.35. The summed E-state index contributed by atoms with van der Waals surface area (Å²) >= 11 is 0. The molecule has 4 heteroatoms. The number of esters is 1. The van der Waals surface area contributed by atoms with Gasteiger partial charge in [0.15, 0.2) is 8.32 Å². The number of aryl methyl sites for hydroxylation is 1. The Bertz CT molecular complexity index is 510. The van der Waals surface area contributed by atoms with Gasteiger partial charge in [-0.2, -0.15) is 0 Å². The first-order valence-corrected chi connectivity index (χ1v) is 11.2. The Morgan fingerprint density at radius 1 is 1.32 bits per heavy atom. The minimum atomic E-state index is -1.75. The summed E-state index contributed by atoms with van der Waals surface area (Å²) in [5.74, 6) is -0.443. The molecule has 120 valence electrons. The second-order valence-corrected chi connectivity index (χ2v) is 10.5. The van der Waals surface area contributed by atoms with Gasteiger partial charge < -0.3 is 9.16 Å². The molecule has 1 aliphatic heterocycles. The standard InChI is InChI=1S/C18H26O3Si/c1-4-20-18(19)16-11-8-14-22(2,3)21-17(16)13-12-15-9-6-5-7-10-15/h5-11,16-17H,4,12-14H2,1-3H3/t16-,17-/m1/s1. The van der Waals surface area contributed by atoms with Crippen LogP contribution < -0.4 is 0 Å². The molecule has 0 aromatic heterocycles. The van der Waals surface area contributed by atoms with Crippen molar-refractivity contribution in [2.24, 2.45) is 5.92 Å². The quantitative estimate of drug-likeness (QED) is 0.468. The van der Waals surface area contributed by atoms with Gasteiger partial charge in [-0.05, 0) is 44.5 Å². The maximum absolute atomic E-state index is 12.2. The Balaban J connectivity index is 2.10. The lowest BCUT2D eigenvalue weighted by Crippen LogP contribution is -2.39. The molecule has 0 saturated heterocycles. The third-order valence-electron chi connectivity index (χ3n) is 3.94. The first-order chi connectivity index (χ1) is 10.5. The lowest BCUT2D eigenvalue weighted by atomic mass is 9.96. The van der Waals surface area contributed by atoms with Crippen LogP contribution in [0.25, 0.3) is 0 Å². The summed E-state index contributed by atoms with van der Waals surface area (Å²) in [6.07, 6.45) is 5.78. The van der Waals surface area contributed by atoms with Crippen molar-refractivity contribution in [3.8, 4) is 0 Å². The number of allylic oxidation sites excluding steroid dienone is 1. The van der Waals surface area contributed by atoms with Crippen LogP contribution >= 0.6 is 0 Å². The van der Waals surface area contributed by atoms with Crippen molar-refractivity contribution in [1.29, 1.82) is 0 Å². The number of ether oxygens (including phenoxy) is 1. The van der Waals surface area contributed by atoms with E-state index in [1.807, 2.05) is 31.2 Å². The fourth-order valence-corrected chi connectivity index (χ4v) is 4.70. The second-order valence-electron chi connectivity index (χ2n) is 6.35. The predicted octanol–water partition coefficient (Wildman–Crippen LogP) is 3.96. The third kappa shape index (κ3) is 4.82. The molecule has 0 spiro atoms. The summed E-state index contributed by atoms with van der Waals surface area (Å²) < 4.78 is 11.6. The Morgan fingerprint density at radius 3 is 2.73 bits per heavy atom. The zero-order valence-corrected chi connectivity index (χ0v) is 14.7. The SMILES string of the molecule is CCOC(=O)[C@@H]1C=CC[Si](C)(C)O[C@@H]1CCc1ccccc1. The van der Waals surface area contributed by atoms with E-state index in [0.29, 0.717) is 6.61 Å². The first kappa shape index (κ1) is 17.0. The van der Waals surface area contributed by atoms with Crippen LogP contribution in [0, 0.1) is 5.92 Å². The molecule has 3 nitrogen and oxygen atoms in total. The molecule has 0 fully saturated rings. The molecule has 22 heavy (non-hydrogen) atoms. The lowest BCUT2D eigenvalue weighted by Gasteiger charge is -2.29. The molecule has 0 unspecified atom stereocenters. The van der Waals surface area contributed by atoms with Gasteiger partial charge in [0, 0.05) is 0 Å². The van der Waals surface area contributed by atoms with Gasteiger partial charge in [0.05, 0.1) is 18.6 Å². The average Bonchev–Trinajstić information content (AvgIpc) is 2.64. The van der Waals surface area contributed by atoms with Crippen molar-refractivity contribution in [3.05, 3.63) is 48.0 Å². The molecule has 0 bridgehead atoms. The Kier molecular flexibility index (Phi) is 5.97. The predicted molar refractivity (Wildman–Crippen MR) is 91.2 cm³/mol. The average molecular weight is 318 g/mol. The van der Waals surface area contributed by atoms with E-state index in [1.54, 1.807) is 0 Å². The topological polar surface area (TPSA) is 35.5 Å². The highest BCUT2D eigenvalue weighted by atomic mass is 28.4. The number of carbonyl (C=O) groups excluding carboxylic acids is 1. The minimum Gasteiger partial charge on any atom is -0.465 e. The fraction of sp³-hybridized carbons (Fsp3) is 0.500. The minimum absolute atomic E-state index is 0.0836. The van der Waals surface area contributed by atoms with Crippen molar-refractivity contribution in [1.82, 2.24) is 0 Å². The molecule has 0 radical (unpaired) electrons. The van der Waals surface area contributed by atoms with Gasteiger partial charge >= 0.3 is 5.97 Å². The molecule has 0 N–H and O–H groups in total. The number of hydrogen-bond acceptors (Lipinski definition) is 3. The Hall–Kier alpha value is -1.39. The summed E-state index contributed by atoms with van der Waals surface area (Å²) in [6, 6.07) is 11.3. The smallest absolute Gasteiger partial charge is 0.315 e. The van der Waals surface area contributed by atoms with Gasteiger partial charge in [-0.3, -0.25) is 4.79 Å². The molecule has 1 heterocycles. The van der Waals surface area contributed by atoms with Crippen LogP contribution in [0.1, 0.15) is 18.9 Å². The van der Waals surface area contributed by atoms with Gasteiger partial charge in [-0.15, -0.1) is 0 Å². The van der Waals surface area contributed by atoms with Crippen molar-refractivity contribution < 1.29 is 14.0 Å². The number of hydrogen-bond donors (Lipinski definition) is 0. The molecule has 0 amide bonds. The molecule has 2 rings (SSSR count). The monoisotopic (exact) mass is 318 g/mol. The molecule has 0 saturated carbocycles. The van der Waals surface area contributed by atoms with Crippen LogP contribution in [-0.2, 0) is 20.4 Å². The molecular weight excluding hydrogens is 292 g/mol. The zero-order chi connectivity index (χ0) is 16.0. The van der Waals surface area contributed by atoms with Gasteiger partial charge in [0.2, 0.25) is 0 Å². The van der Waals surface area contributed by atoms with Gasteiger partial charge in [0.25, 0.3) is 0 Å². The van der Waals surface area contributed by atoms with E-state index in [2.05, 4.69) is 31.3 Å². The van der Waals surface area contributed by atoms with Crippen LogP contribution in [0.4, 0.5) is 0 Å². The summed E-state index contributed by atoms with van der Waals surface area (Å²) in [5, 5.41) is 0. The van der Waals surface area contributed by atoms with Crippen molar-refractivity contribution in [2.45, 2.75) is 45.0 Å². The molecule has 1 aromatic carbocycles. The van der Waals surface area contributed by atoms with E-state index in [0.717, 1.165) is 18.9 Å². The van der Waals surface area contributed by atoms with E-state index in [4.69, 9.17) is 9.16 Å². The largest absolute Gasteiger partial charge is 0.465 e. The van der Waals surface area contributed by atoms with Crippen LogP contribution in [0.2, 0.25) is 19.1 Å². The molecule has 1 aromatic rings. The van der Waals surface area contributed by atoms with Gasteiger partial charge in [-0.25, -0.2) is 0 Å².